The second kappa shape index (κ2) is 7.55. The van der Waals surface area contributed by atoms with Crippen LogP contribution in [0, 0.1) is 5.92 Å². The van der Waals surface area contributed by atoms with Gasteiger partial charge < -0.3 is 10.3 Å². The van der Waals surface area contributed by atoms with E-state index in [1.807, 2.05) is 30.3 Å². The lowest BCUT2D eigenvalue weighted by atomic mass is 9.82. The number of hydrogen-bond acceptors (Lipinski definition) is 2. The Kier molecular flexibility index (Phi) is 4.97. The van der Waals surface area contributed by atoms with Gasteiger partial charge in [0.2, 0.25) is 5.91 Å². The van der Waals surface area contributed by atoms with E-state index in [1.165, 1.54) is 11.1 Å². The lowest BCUT2D eigenvalue weighted by molar-refractivity contribution is -0.124. The van der Waals surface area contributed by atoms with Crippen molar-refractivity contribution < 1.29 is 4.79 Å². The van der Waals surface area contributed by atoms with Crippen LogP contribution in [0.5, 0.6) is 0 Å². The highest BCUT2D eigenvalue weighted by Gasteiger charge is 2.30. The Morgan fingerprint density at radius 2 is 2.00 bits per heavy atom. The van der Waals surface area contributed by atoms with E-state index in [-0.39, 0.29) is 17.9 Å². The molecule has 1 aliphatic rings. The van der Waals surface area contributed by atoms with Crippen LogP contribution in [0.2, 0.25) is 0 Å². The van der Waals surface area contributed by atoms with Gasteiger partial charge in [0.05, 0.1) is 23.0 Å². The number of carbonyl (C=O) groups is 1. The Balaban J connectivity index is 1.62. The molecule has 0 fully saturated rings. The largest absolute Gasteiger partial charge is 0.345 e. The van der Waals surface area contributed by atoms with Gasteiger partial charge in [-0.2, -0.15) is 0 Å². The molecule has 1 aromatic heterocycles. The maximum Gasteiger partial charge on any atom is 0.228 e. The molecule has 4 heteroatoms. The van der Waals surface area contributed by atoms with E-state index in [9.17, 15) is 4.79 Å². The first kappa shape index (κ1) is 17.8. The lowest BCUT2D eigenvalue weighted by Gasteiger charge is -2.28. The first-order valence-electron chi connectivity index (χ1n) is 10.00. The Morgan fingerprint density at radius 3 is 2.81 bits per heavy atom. The van der Waals surface area contributed by atoms with Crippen molar-refractivity contribution in [2.45, 2.75) is 51.5 Å². The van der Waals surface area contributed by atoms with E-state index < -0.39 is 0 Å². The third-order valence-electron chi connectivity index (χ3n) is 5.90. The van der Waals surface area contributed by atoms with Gasteiger partial charge in [0, 0.05) is 0 Å². The van der Waals surface area contributed by atoms with Crippen LogP contribution in [0.4, 0.5) is 0 Å². The van der Waals surface area contributed by atoms with Crippen molar-refractivity contribution in [1.82, 2.24) is 15.3 Å². The van der Waals surface area contributed by atoms with Gasteiger partial charge in [0.25, 0.3) is 0 Å². The minimum atomic E-state index is -0.107. The van der Waals surface area contributed by atoms with Crippen molar-refractivity contribution in [3.8, 4) is 0 Å². The molecule has 4 nitrogen and oxygen atoms in total. The standard InChI is InChI=1S/C23H27N3O/c1-3-15(2)21(22-24-19-13-6-7-14-20(19)25-22)26-23(27)18-12-8-10-16-9-4-5-11-17(16)18/h4-7,9,11,13-15,18,21H,3,8,10,12H2,1-2H3,(H,24,25)(H,26,27). The van der Waals surface area contributed by atoms with Crippen molar-refractivity contribution in [1.29, 1.82) is 0 Å². The van der Waals surface area contributed by atoms with E-state index >= 15 is 0 Å². The van der Waals surface area contributed by atoms with Crippen LogP contribution in [0.1, 0.15) is 62.0 Å². The second-order valence-corrected chi connectivity index (χ2v) is 7.65. The summed E-state index contributed by atoms with van der Waals surface area (Å²) in [6, 6.07) is 16.3. The fourth-order valence-electron chi connectivity index (χ4n) is 4.12. The molecule has 27 heavy (non-hydrogen) atoms. The number of aromatic nitrogens is 2. The molecule has 0 spiro atoms. The molecule has 3 unspecified atom stereocenters. The summed E-state index contributed by atoms with van der Waals surface area (Å²) in [6.45, 7) is 4.33. The summed E-state index contributed by atoms with van der Waals surface area (Å²) in [4.78, 5) is 21.4. The Bertz CT molecular complexity index is 912. The van der Waals surface area contributed by atoms with E-state index in [0.29, 0.717) is 5.92 Å². The molecule has 2 N–H and O–H groups in total. The number of nitrogens with one attached hydrogen (secondary N) is 2. The quantitative estimate of drug-likeness (QED) is 0.680. The predicted octanol–water partition coefficient (Wildman–Crippen LogP) is 4.89. The number of amides is 1. The van der Waals surface area contributed by atoms with Gasteiger partial charge in [-0.15, -0.1) is 0 Å². The van der Waals surface area contributed by atoms with E-state index in [1.54, 1.807) is 0 Å². The van der Waals surface area contributed by atoms with Gasteiger partial charge in [-0.05, 0) is 48.4 Å². The molecule has 0 aliphatic heterocycles. The first-order chi connectivity index (χ1) is 13.2. The zero-order valence-corrected chi connectivity index (χ0v) is 16.0. The zero-order chi connectivity index (χ0) is 18.8. The highest BCUT2D eigenvalue weighted by molar-refractivity contribution is 5.85. The number of rotatable bonds is 5. The smallest absolute Gasteiger partial charge is 0.228 e. The summed E-state index contributed by atoms with van der Waals surface area (Å²) in [5, 5.41) is 3.32. The number of aryl methyl sites for hydroxylation is 1. The van der Waals surface area contributed by atoms with Crippen LogP contribution in [-0.4, -0.2) is 15.9 Å². The number of imidazole rings is 1. The molecular weight excluding hydrogens is 334 g/mol. The number of carbonyl (C=O) groups excluding carboxylic acids is 1. The number of aromatic amines is 1. The summed E-state index contributed by atoms with van der Waals surface area (Å²) < 4.78 is 0. The molecule has 140 valence electrons. The fraction of sp³-hybridized carbons (Fsp3) is 0.391. The number of H-pyrrole nitrogens is 1. The molecule has 2 aromatic carbocycles. The molecule has 0 radical (unpaired) electrons. The number of benzene rings is 2. The summed E-state index contributed by atoms with van der Waals surface area (Å²) in [5.41, 5.74) is 4.46. The van der Waals surface area contributed by atoms with E-state index in [4.69, 9.17) is 4.98 Å². The van der Waals surface area contributed by atoms with Gasteiger partial charge in [-0.1, -0.05) is 56.7 Å². The second-order valence-electron chi connectivity index (χ2n) is 7.65. The number of para-hydroxylation sites is 2. The highest BCUT2D eigenvalue weighted by atomic mass is 16.2. The van der Waals surface area contributed by atoms with Crippen LogP contribution in [0.15, 0.2) is 48.5 Å². The maximum absolute atomic E-state index is 13.2. The van der Waals surface area contributed by atoms with Crippen molar-refractivity contribution in [3.63, 3.8) is 0 Å². The number of fused-ring (bicyclic) bond motifs is 2. The molecule has 3 atom stereocenters. The van der Waals surface area contributed by atoms with Crippen molar-refractivity contribution in [2.75, 3.05) is 0 Å². The van der Waals surface area contributed by atoms with Crippen LogP contribution < -0.4 is 5.32 Å². The van der Waals surface area contributed by atoms with Crippen molar-refractivity contribution in [2.24, 2.45) is 5.92 Å². The van der Waals surface area contributed by atoms with Gasteiger partial charge in [-0.3, -0.25) is 4.79 Å². The lowest BCUT2D eigenvalue weighted by Crippen LogP contribution is -2.37. The Hall–Kier alpha value is -2.62. The first-order valence-corrected chi connectivity index (χ1v) is 10.00. The Labute approximate surface area is 160 Å². The number of hydrogen-bond donors (Lipinski definition) is 2. The van der Waals surface area contributed by atoms with Crippen molar-refractivity contribution >= 4 is 16.9 Å². The molecule has 0 bridgehead atoms. The molecule has 1 aliphatic carbocycles. The monoisotopic (exact) mass is 361 g/mol. The molecular formula is C23H27N3O. The normalized spacial score (nSPS) is 18.7. The van der Waals surface area contributed by atoms with Crippen LogP contribution in [0.3, 0.4) is 0 Å². The van der Waals surface area contributed by atoms with E-state index in [2.05, 4.69) is 42.3 Å². The summed E-state index contributed by atoms with van der Waals surface area (Å²) in [7, 11) is 0. The fourth-order valence-corrected chi connectivity index (χ4v) is 4.12. The van der Waals surface area contributed by atoms with Crippen LogP contribution in [-0.2, 0) is 11.2 Å². The number of nitrogens with zero attached hydrogens (tertiary/aromatic N) is 1. The summed E-state index contributed by atoms with van der Waals surface area (Å²) in [5.74, 6) is 1.20. The minimum absolute atomic E-state index is 0.0640. The maximum atomic E-state index is 13.2. The third kappa shape index (κ3) is 3.48. The highest BCUT2D eigenvalue weighted by Crippen LogP contribution is 2.33. The Morgan fingerprint density at radius 1 is 1.22 bits per heavy atom. The average molecular weight is 361 g/mol. The molecule has 4 rings (SSSR count). The van der Waals surface area contributed by atoms with Gasteiger partial charge in [0.1, 0.15) is 5.82 Å². The molecule has 0 saturated carbocycles. The van der Waals surface area contributed by atoms with Gasteiger partial charge in [0.15, 0.2) is 0 Å². The van der Waals surface area contributed by atoms with Crippen molar-refractivity contribution in [3.05, 3.63) is 65.5 Å². The molecule has 3 aromatic rings. The average Bonchev–Trinajstić information content (AvgIpc) is 3.14. The molecule has 1 heterocycles. The topological polar surface area (TPSA) is 57.8 Å². The zero-order valence-electron chi connectivity index (χ0n) is 16.0. The minimum Gasteiger partial charge on any atom is -0.345 e. The summed E-state index contributed by atoms with van der Waals surface area (Å²) >= 11 is 0. The van der Waals surface area contributed by atoms with Gasteiger partial charge in [-0.25, -0.2) is 4.98 Å². The van der Waals surface area contributed by atoms with Crippen LogP contribution >= 0.6 is 0 Å². The van der Waals surface area contributed by atoms with Crippen LogP contribution in [0.25, 0.3) is 11.0 Å². The SMILES string of the molecule is CCC(C)C(NC(=O)C1CCCc2ccccc21)c1nc2ccccc2[nH]1. The van der Waals surface area contributed by atoms with Gasteiger partial charge >= 0.3 is 0 Å². The summed E-state index contributed by atoms with van der Waals surface area (Å²) in [6.07, 6.45) is 4.02. The van der Waals surface area contributed by atoms with E-state index in [0.717, 1.165) is 42.5 Å². The third-order valence-corrected chi connectivity index (χ3v) is 5.90. The molecule has 1 amide bonds. The predicted molar refractivity (Wildman–Crippen MR) is 109 cm³/mol. The molecule has 0 saturated heterocycles.